The normalized spacial score (nSPS) is 19.0. The molecule has 2 heterocycles. The number of halogens is 1. The van der Waals surface area contributed by atoms with Crippen molar-refractivity contribution in [1.29, 1.82) is 0 Å². The zero-order chi connectivity index (χ0) is 13.1. The molecule has 1 aromatic rings. The van der Waals surface area contributed by atoms with Crippen molar-refractivity contribution in [3.63, 3.8) is 0 Å². The Hall–Kier alpha value is -1.63. The van der Waals surface area contributed by atoms with E-state index in [1.165, 1.54) is 0 Å². The van der Waals surface area contributed by atoms with Gasteiger partial charge in [-0.3, -0.25) is 0 Å². The van der Waals surface area contributed by atoms with Gasteiger partial charge in [-0.1, -0.05) is 0 Å². The number of anilines is 2. The summed E-state index contributed by atoms with van der Waals surface area (Å²) in [5, 5.41) is 0.0204. The third-order valence-corrected chi connectivity index (χ3v) is 2.85. The maximum Gasteiger partial charge on any atom is 0.328 e. The molecule has 1 aliphatic heterocycles. The molecular weight excluding hydrogens is 258 g/mol. The van der Waals surface area contributed by atoms with E-state index in [-0.39, 0.29) is 23.2 Å². The summed E-state index contributed by atoms with van der Waals surface area (Å²) in [4.78, 5) is 25.2. The Balaban J connectivity index is 2.23. The number of nitrogens with two attached hydrogens (primary N) is 1. The minimum atomic E-state index is -0.372. The van der Waals surface area contributed by atoms with E-state index < -0.39 is 0 Å². The maximum atomic E-state index is 11.8. The fourth-order valence-electron chi connectivity index (χ4n) is 1.97. The molecule has 0 amide bonds. The van der Waals surface area contributed by atoms with Gasteiger partial charge in [0.1, 0.15) is 6.04 Å². The van der Waals surface area contributed by atoms with E-state index >= 15 is 0 Å². The van der Waals surface area contributed by atoms with E-state index in [1.807, 2.05) is 0 Å². The van der Waals surface area contributed by atoms with Gasteiger partial charge < -0.3 is 15.4 Å². The van der Waals surface area contributed by atoms with Gasteiger partial charge in [0.05, 0.1) is 6.61 Å². The van der Waals surface area contributed by atoms with E-state index in [2.05, 4.69) is 15.0 Å². The monoisotopic (exact) mass is 271 g/mol. The molecule has 0 radical (unpaired) electrons. The van der Waals surface area contributed by atoms with Crippen molar-refractivity contribution >= 4 is 29.5 Å². The summed E-state index contributed by atoms with van der Waals surface area (Å²) >= 11 is 5.73. The third-order valence-electron chi connectivity index (χ3n) is 2.68. The SMILES string of the molecule is CCOC(=O)[C@@H]1CCCN1c1nc(N)nc(Cl)n1. The lowest BCUT2D eigenvalue weighted by molar-refractivity contribution is -0.144. The van der Waals surface area contributed by atoms with Gasteiger partial charge in [0.15, 0.2) is 0 Å². The minimum Gasteiger partial charge on any atom is -0.464 e. The first kappa shape index (κ1) is 12.8. The van der Waals surface area contributed by atoms with Crippen LogP contribution in [0.4, 0.5) is 11.9 Å². The van der Waals surface area contributed by atoms with Crippen molar-refractivity contribution in [3.8, 4) is 0 Å². The lowest BCUT2D eigenvalue weighted by Crippen LogP contribution is -2.38. The molecule has 0 spiro atoms. The number of hydrogen-bond donors (Lipinski definition) is 1. The molecule has 7 nitrogen and oxygen atoms in total. The van der Waals surface area contributed by atoms with Crippen LogP contribution in [0, 0.1) is 0 Å². The fraction of sp³-hybridized carbons (Fsp3) is 0.600. The van der Waals surface area contributed by atoms with Gasteiger partial charge in [0, 0.05) is 6.54 Å². The summed E-state index contributed by atoms with van der Waals surface area (Å²) in [7, 11) is 0. The second-order valence-electron chi connectivity index (χ2n) is 3.87. The summed E-state index contributed by atoms with van der Waals surface area (Å²) in [5.41, 5.74) is 5.52. The topological polar surface area (TPSA) is 94.2 Å². The van der Waals surface area contributed by atoms with Crippen molar-refractivity contribution in [2.45, 2.75) is 25.8 Å². The summed E-state index contributed by atoms with van der Waals surface area (Å²) < 4.78 is 5.02. The van der Waals surface area contributed by atoms with Crippen LogP contribution in [0.1, 0.15) is 19.8 Å². The van der Waals surface area contributed by atoms with E-state index in [4.69, 9.17) is 22.1 Å². The predicted molar refractivity (Wildman–Crippen MR) is 66.3 cm³/mol. The van der Waals surface area contributed by atoms with Crippen LogP contribution in [-0.2, 0) is 9.53 Å². The summed E-state index contributed by atoms with van der Waals surface area (Å²) in [5.74, 6) is 0.0904. The largest absolute Gasteiger partial charge is 0.464 e. The average Bonchev–Trinajstić information content (AvgIpc) is 2.76. The molecule has 2 N–H and O–H groups in total. The van der Waals surface area contributed by atoms with Crippen LogP contribution in [-0.4, -0.2) is 40.1 Å². The van der Waals surface area contributed by atoms with Crippen LogP contribution < -0.4 is 10.6 Å². The van der Waals surface area contributed by atoms with Crippen molar-refractivity contribution in [3.05, 3.63) is 5.28 Å². The number of ether oxygens (including phenoxy) is 1. The Morgan fingerprint density at radius 1 is 1.56 bits per heavy atom. The van der Waals surface area contributed by atoms with Gasteiger partial charge in [-0.2, -0.15) is 15.0 Å². The molecule has 1 atom stereocenters. The van der Waals surface area contributed by atoms with Crippen LogP contribution >= 0.6 is 11.6 Å². The molecule has 1 aromatic heterocycles. The Morgan fingerprint density at radius 3 is 3.00 bits per heavy atom. The third kappa shape index (κ3) is 2.61. The zero-order valence-electron chi connectivity index (χ0n) is 9.97. The Bertz CT molecular complexity index is 436. The predicted octanol–water partition coefficient (Wildman–Crippen LogP) is 0.639. The number of carbonyl (C=O) groups excluding carboxylic acids is 1. The van der Waals surface area contributed by atoms with Gasteiger partial charge in [0.25, 0.3) is 0 Å². The number of aromatic nitrogens is 3. The number of hydrogen-bond acceptors (Lipinski definition) is 7. The molecule has 0 saturated carbocycles. The molecule has 1 saturated heterocycles. The standard InChI is InChI=1S/C10H14ClN5O2/c1-2-18-7(17)6-4-3-5-16(6)10-14-8(11)13-9(12)15-10/h6H,2-5H2,1H3,(H2,12,13,14,15)/t6-/m0/s1. The molecule has 8 heteroatoms. The molecule has 98 valence electrons. The molecule has 0 aromatic carbocycles. The summed E-state index contributed by atoms with van der Waals surface area (Å²) in [6.45, 7) is 2.79. The summed E-state index contributed by atoms with van der Waals surface area (Å²) in [6.07, 6.45) is 1.58. The number of nitrogens with zero attached hydrogens (tertiary/aromatic N) is 4. The lowest BCUT2D eigenvalue weighted by atomic mass is 10.2. The van der Waals surface area contributed by atoms with Crippen molar-refractivity contribution in [2.24, 2.45) is 0 Å². The highest BCUT2D eigenvalue weighted by Gasteiger charge is 2.33. The van der Waals surface area contributed by atoms with Crippen LogP contribution in [0.2, 0.25) is 5.28 Å². The molecule has 1 fully saturated rings. The first-order valence-electron chi connectivity index (χ1n) is 5.72. The maximum absolute atomic E-state index is 11.8. The lowest BCUT2D eigenvalue weighted by Gasteiger charge is -2.22. The highest BCUT2D eigenvalue weighted by atomic mass is 35.5. The Morgan fingerprint density at radius 2 is 2.33 bits per heavy atom. The average molecular weight is 272 g/mol. The van der Waals surface area contributed by atoms with Crippen LogP contribution in [0.3, 0.4) is 0 Å². The van der Waals surface area contributed by atoms with Gasteiger partial charge >= 0.3 is 5.97 Å². The van der Waals surface area contributed by atoms with Gasteiger partial charge in [0.2, 0.25) is 17.2 Å². The number of rotatable bonds is 3. The van der Waals surface area contributed by atoms with Crippen LogP contribution in [0.5, 0.6) is 0 Å². The molecular formula is C10H14ClN5O2. The smallest absolute Gasteiger partial charge is 0.328 e. The van der Waals surface area contributed by atoms with Crippen LogP contribution in [0.15, 0.2) is 0 Å². The van der Waals surface area contributed by atoms with Crippen molar-refractivity contribution in [1.82, 2.24) is 15.0 Å². The van der Waals surface area contributed by atoms with Crippen molar-refractivity contribution in [2.75, 3.05) is 23.8 Å². The quantitative estimate of drug-likeness (QED) is 0.806. The van der Waals surface area contributed by atoms with E-state index in [0.717, 1.165) is 6.42 Å². The Labute approximate surface area is 109 Å². The highest BCUT2D eigenvalue weighted by Crippen LogP contribution is 2.24. The number of carbonyl (C=O) groups is 1. The zero-order valence-corrected chi connectivity index (χ0v) is 10.7. The minimum absolute atomic E-state index is 0.0204. The second-order valence-corrected chi connectivity index (χ2v) is 4.20. The second kappa shape index (κ2) is 5.34. The van der Waals surface area contributed by atoms with Gasteiger partial charge in [-0.25, -0.2) is 4.79 Å². The fourth-order valence-corrected chi connectivity index (χ4v) is 2.13. The van der Waals surface area contributed by atoms with Gasteiger partial charge in [-0.05, 0) is 31.4 Å². The van der Waals surface area contributed by atoms with Crippen molar-refractivity contribution < 1.29 is 9.53 Å². The first-order chi connectivity index (χ1) is 8.61. The van der Waals surface area contributed by atoms with Crippen LogP contribution in [0.25, 0.3) is 0 Å². The molecule has 18 heavy (non-hydrogen) atoms. The molecule has 0 bridgehead atoms. The Kier molecular flexibility index (Phi) is 3.81. The van der Waals surface area contributed by atoms with E-state index in [0.29, 0.717) is 25.5 Å². The van der Waals surface area contributed by atoms with E-state index in [1.54, 1.807) is 11.8 Å². The van der Waals surface area contributed by atoms with Gasteiger partial charge in [-0.15, -0.1) is 0 Å². The molecule has 1 aliphatic rings. The molecule has 0 unspecified atom stereocenters. The summed E-state index contributed by atoms with van der Waals surface area (Å²) in [6, 6.07) is -0.372. The first-order valence-corrected chi connectivity index (χ1v) is 6.10. The molecule has 2 rings (SSSR count). The number of esters is 1. The number of nitrogen functional groups attached to an aromatic ring is 1. The van der Waals surface area contributed by atoms with E-state index in [9.17, 15) is 4.79 Å². The molecule has 0 aliphatic carbocycles. The highest BCUT2D eigenvalue weighted by molar-refractivity contribution is 6.28.